The highest BCUT2D eigenvalue weighted by Gasteiger charge is 2.19. The summed E-state index contributed by atoms with van der Waals surface area (Å²) in [5.74, 6) is 0. The van der Waals surface area contributed by atoms with Gasteiger partial charge in [0.1, 0.15) is 0 Å². The van der Waals surface area contributed by atoms with Crippen LogP contribution < -0.4 is 5.32 Å². The Balaban J connectivity index is 2.12. The van der Waals surface area contributed by atoms with Crippen molar-refractivity contribution in [3.8, 4) is 0 Å². The third kappa shape index (κ3) is 6.72. The number of rotatable bonds is 12. The molecule has 0 saturated heterocycles. The summed E-state index contributed by atoms with van der Waals surface area (Å²) in [6, 6.07) is 1.59. The molecule has 0 spiro atoms. The van der Waals surface area contributed by atoms with Gasteiger partial charge in [-0.3, -0.25) is 4.90 Å². The Bertz CT molecular complexity index is 191. The third-order valence-corrected chi connectivity index (χ3v) is 3.92. The molecule has 0 bridgehead atoms. The first kappa shape index (κ1) is 15.9. The summed E-state index contributed by atoms with van der Waals surface area (Å²) >= 11 is 0. The van der Waals surface area contributed by atoms with E-state index in [9.17, 15) is 0 Å². The van der Waals surface area contributed by atoms with E-state index < -0.39 is 0 Å². The average molecular weight is 256 g/mol. The number of hydrogen-bond acceptors (Lipinski definition) is 3. The average Bonchev–Trinajstić information content (AvgIpc) is 3.20. The number of methoxy groups -OCH3 is 1. The van der Waals surface area contributed by atoms with Gasteiger partial charge in [0.15, 0.2) is 0 Å². The molecule has 18 heavy (non-hydrogen) atoms. The maximum absolute atomic E-state index is 5.22. The molecule has 0 aromatic carbocycles. The Morgan fingerprint density at radius 3 is 2.44 bits per heavy atom. The smallest absolute Gasteiger partial charge is 0.0589 e. The van der Waals surface area contributed by atoms with Crippen molar-refractivity contribution in [3.05, 3.63) is 0 Å². The fraction of sp³-hybridized carbons (Fsp3) is 1.00. The van der Waals surface area contributed by atoms with Crippen LogP contribution in [0, 0.1) is 0 Å². The summed E-state index contributed by atoms with van der Waals surface area (Å²) in [5.41, 5.74) is 0. The highest BCUT2D eigenvalue weighted by Crippen LogP contribution is 2.18. The van der Waals surface area contributed by atoms with Gasteiger partial charge in [-0.15, -0.1) is 0 Å². The van der Waals surface area contributed by atoms with Crippen molar-refractivity contribution in [3.63, 3.8) is 0 Å². The second-order valence-corrected chi connectivity index (χ2v) is 5.43. The van der Waals surface area contributed by atoms with E-state index in [1.807, 2.05) is 0 Å². The van der Waals surface area contributed by atoms with E-state index in [0.29, 0.717) is 0 Å². The minimum absolute atomic E-state index is 0.733. The van der Waals surface area contributed by atoms with E-state index in [4.69, 9.17) is 4.74 Å². The molecule has 0 amide bonds. The van der Waals surface area contributed by atoms with Crippen LogP contribution in [0.3, 0.4) is 0 Å². The maximum atomic E-state index is 5.22. The molecule has 3 nitrogen and oxygen atoms in total. The topological polar surface area (TPSA) is 24.5 Å². The molecule has 0 radical (unpaired) electrons. The Labute approximate surface area is 113 Å². The van der Waals surface area contributed by atoms with Crippen LogP contribution in [-0.2, 0) is 4.74 Å². The van der Waals surface area contributed by atoms with Gasteiger partial charge in [-0.05, 0) is 51.6 Å². The second-order valence-electron chi connectivity index (χ2n) is 5.43. The molecule has 3 heteroatoms. The van der Waals surface area contributed by atoms with E-state index in [1.165, 1.54) is 51.6 Å². The molecule has 1 fully saturated rings. The lowest BCUT2D eigenvalue weighted by molar-refractivity contribution is 0.114. The Hall–Kier alpha value is -0.120. The first-order valence-corrected chi connectivity index (χ1v) is 7.78. The molecule has 0 heterocycles. The highest BCUT2D eigenvalue weighted by molar-refractivity contribution is 4.80. The van der Waals surface area contributed by atoms with E-state index in [2.05, 4.69) is 24.1 Å². The monoisotopic (exact) mass is 256 g/mol. The minimum Gasteiger partial charge on any atom is -0.383 e. The van der Waals surface area contributed by atoms with Gasteiger partial charge in [0.25, 0.3) is 0 Å². The Kier molecular flexibility index (Phi) is 8.64. The van der Waals surface area contributed by atoms with Crippen molar-refractivity contribution in [2.45, 2.75) is 64.5 Å². The van der Waals surface area contributed by atoms with Crippen LogP contribution in [0.25, 0.3) is 0 Å². The Morgan fingerprint density at radius 1 is 1.17 bits per heavy atom. The molecule has 1 rings (SSSR count). The van der Waals surface area contributed by atoms with Gasteiger partial charge < -0.3 is 10.1 Å². The molecule has 1 aliphatic rings. The van der Waals surface area contributed by atoms with E-state index in [0.717, 1.165) is 25.2 Å². The predicted octanol–water partition coefficient (Wildman–Crippen LogP) is 2.66. The highest BCUT2D eigenvalue weighted by atomic mass is 16.5. The first-order valence-electron chi connectivity index (χ1n) is 7.78. The lowest BCUT2D eigenvalue weighted by atomic mass is 10.1. The van der Waals surface area contributed by atoms with Crippen molar-refractivity contribution < 1.29 is 4.74 Å². The van der Waals surface area contributed by atoms with Gasteiger partial charge in [-0.2, -0.15) is 0 Å². The van der Waals surface area contributed by atoms with Gasteiger partial charge in [-0.25, -0.2) is 0 Å². The standard InChI is InChI=1S/C15H32N2O/c1-4-15(5-2)17(12-13-18-3)11-7-6-10-16-14-8-9-14/h14-16H,4-13H2,1-3H3. The van der Waals surface area contributed by atoms with Crippen LogP contribution in [0.1, 0.15) is 52.4 Å². The van der Waals surface area contributed by atoms with Crippen molar-refractivity contribution in [1.82, 2.24) is 10.2 Å². The number of hydrogen-bond donors (Lipinski definition) is 1. The molecule has 0 aromatic rings. The van der Waals surface area contributed by atoms with Crippen molar-refractivity contribution in [1.29, 1.82) is 0 Å². The largest absolute Gasteiger partial charge is 0.383 e. The van der Waals surface area contributed by atoms with Crippen LogP contribution >= 0.6 is 0 Å². The quantitative estimate of drug-likeness (QED) is 0.543. The SMILES string of the molecule is CCC(CC)N(CCCCNC1CC1)CCOC. The molecule has 0 unspecified atom stereocenters. The van der Waals surface area contributed by atoms with Gasteiger partial charge in [0, 0.05) is 25.7 Å². The maximum Gasteiger partial charge on any atom is 0.0589 e. The third-order valence-electron chi connectivity index (χ3n) is 3.92. The molecule has 0 atom stereocenters. The summed E-state index contributed by atoms with van der Waals surface area (Å²) in [7, 11) is 1.80. The first-order chi connectivity index (χ1) is 8.81. The molecule has 0 aliphatic heterocycles. The van der Waals surface area contributed by atoms with Crippen LogP contribution in [0.15, 0.2) is 0 Å². The number of nitrogens with one attached hydrogen (secondary N) is 1. The normalized spacial score (nSPS) is 15.8. The second kappa shape index (κ2) is 9.76. The molecule has 1 aliphatic carbocycles. The molecule has 1 saturated carbocycles. The summed E-state index contributed by atoms with van der Waals surface area (Å²) < 4.78 is 5.22. The van der Waals surface area contributed by atoms with E-state index in [1.54, 1.807) is 7.11 Å². The zero-order valence-corrected chi connectivity index (χ0v) is 12.6. The molecule has 0 aromatic heterocycles. The van der Waals surface area contributed by atoms with Crippen LogP contribution in [0.2, 0.25) is 0 Å². The van der Waals surface area contributed by atoms with Crippen molar-refractivity contribution >= 4 is 0 Å². The fourth-order valence-corrected chi connectivity index (χ4v) is 2.52. The van der Waals surface area contributed by atoms with Gasteiger partial charge in [-0.1, -0.05) is 13.8 Å². The van der Waals surface area contributed by atoms with Crippen molar-refractivity contribution in [2.75, 3.05) is 33.4 Å². The number of nitrogens with zero attached hydrogens (tertiary/aromatic N) is 1. The summed E-state index contributed by atoms with van der Waals surface area (Å²) in [4.78, 5) is 2.61. The summed E-state index contributed by atoms with van der Waals surface area (Å²) in [5, 5.41) is 3.59. The van der Waals surface area contributed by atoms with Crippen LogP contribution in [0.4, 0.5) is 0 Å². The zero-order valence-electron chi connectivity index (χ0n) is 12.6. The minimum atomic E-state index is 0.733. The van der Waals surface area contributed by atoms with E-state index in [-0.39, 0.29) is 0 Å². The lowest BCUT2D eigenvalue weighted by Gasteiger charge is -2.30. The lowest BCUT2D eigenvalue weighted by Crippen LogP contribution is -2.38. The summed E-state index contributed by atoms with van der Waals surface area (Å²) in [6.45, 7) is 8.95. The molecular weight excluding hydrogens is 224 g/mol. The van der Waals surface area contributed by atoms with Crippen molar-refractivity contribution in [2.24, 2.45) is 0 Å². The fourth-order valence-electron chi connectivity index (χ4n) is 2.52. The zero-order chi connectivity index (χ0) is 13.2. The van der Waals surface area contributed by atoms with Gasteiger partial charge in [0.2, 0.25) is 0 Å². The molecular formula is C15H32N2O. The molecule has 108 valence electrons. The predicted molar refractivity (Wildman–Crippen MR) is 78.1 cm³/mol. The van der Waals surface area contributed by atoms with Crippen LogP contribution in [-0.4, -0.2) is 50.3 Å². The van der Waals surface area contributed by atoms with Gasteiger partial charge >= 0.3 is 0 Å². The number of unbranched alkanes of at least 4 members (excludes halogenated alkanes) is 1. The van der Waals surface area contributed by atoms with Gasteiger partial charge in [0.05, 0.1) is 6.61 Å². The number of ether oxygens (including phenoxy) is 1. The molecule has 1 N–H and O–H groups in total. The van der Waals surface area contributed by atoms with E-state index >= 15 is 0 Å². The van der Waals surface area contributed by atoms with Crippen LogP contribution in [0.5, 0.6) is 0 Å². The summed E-state index contributed by atoms with van der Waals surface area (Å²) in [6.07, 6.45) is 7.91. The Morgan fingerprint density at radius 2 is 1.89 bits per heavy atom.